The zero-order valence-corrected chi connectivity index (χ0v) is 12.9. The number of carbonyl (C=O) groups excluding carboxylic acids is 2. The van der Waals surface area contributed by atoms with Crippen LogP contribution in [0, 0.1) is 0 Å². The number of nitrogens with one attached hydrogen (secondary N) is 1. The van der Waals surface area contributed by atoms with E-state index in [1.807, 2.05) is 30.3 Å². The van der Waals surface area contributed by atoms with Gasteiger partial charge in [0.25, 0.3) is 0 Å². The van der Waals surface area contributed by atoms with E-state index in [1.54, 1.807) is 6.92 Å². The second kappa shape index (κ2) is 7.73. The number of carbonyl (C=O) groups is 3. The van der Waals surface area contributed by atoms with E-state index in [1.165, 1.54) is 4.90 Å². The zero-order valence-electron chi connectivity index (χ0n) is 12.9. The van der Waals surface area contributed by atoms with E-state index in [0.717, 1.165) is 5.56 Å². The lowest BCUT2D eigenvalue weighted by atomic mass is 10.1. The van der Waals surface area contributed by atoms with Crippen molar-refractivity contribution in [1.82, 2.24) is 10.2 Å². The minimum atomic E-state index is -1.09. The predicted molar refractivity (Wildman–Crippen MR) is 81.7 cm³/mol. The van der Waals surface area contributed by atoms with E-state index in [0.29, 0.717) is 6.54 Å². The highest BCUT2D eigenvalue weighted by atomic mass is 16.5. The lowest BCUT2D eigenvalue weighted by Crippen LogP contribution is -2.53. The van der Waals surface area contributed by atoms with E-state index in [-0.39, 0.29) is 37.4 Å². The van der Waals surface area contributed by atoms with Crippen molar-refractivity contribution in [1.29, 1.82) is 0 Å². The first kappa shape index (κ1) is 17.0. The highest BCUT2D eigenvalue weighted by Crippen LogP contribution is 2.11. The Morgan fingerprint density at radius 1 is 1.26 bits per heavy atom. The SMILES string of the molecule is C[C@@H]1CN(C(=O)CNC(=O)Cc2ccccc2)CC(C(=O)O)O1. The van der Waals surface area contributed by atoms with Gasteiger partial charge in [0.15, 0.2) is 6.10 Å². The Hall–Kier alpha value is -2.41. The third-order valence-corrected chi connectivity index (χ3v) is 3.53. The van der Waals surface area contributed by atoms with Crippen molar-refractivity contribution in [3.8, 4) is 0 Å². The molecule has 124 valence electrons. The van der Waals surface area contributed by atoms with Crippen LogP contribution in [0.3, 0.4) is 0 Å². The molecule has 0 radical (unpaired) electrons. The molecule has 7 heteroatoms. The van der Waals surface area contributed by atoms with Crippen LogP contribution in [0.4, 0.5) is 0 Å². The first-order valence-corrected chi connectivity index (χ1v) is 7.42. The second-order valence-electron chi connectivity index (χ2n) is 5.51. The first-order chi connectivity index (χ1) is 11.0. The second-order valence-corrected chi connectivity index (χ2v) is 5.51. The molecule has 1 unspecified atom stereocenters. The van der Waals surface area contributed by atoms with Crippen LogP contribution in [0.15, 0.2) is 30.3 Å². The van der Waals surface area contributed by atoms with Crippen LogP contribution in [0.5, 0.6) is 0 Å². The summed E-state index contributed by atoms with van der Waals surface area (Å²) >= 11 is 0. The third-order valence-electron chi connectivity index (χ3n) is 3.53. The fraction of sp³-hybridized carbons (Fsp3) is 0.438. The minimum absolute atomic E-state index is 0.00688. The molecule has 0 aromatic heterocycles. The summed E-state index contributed by atoms with van der Waals surface area (Å²) in [5.41, 5.74) is 0.864. The molecule has 2 atom stereocenters. The van der Waals surface area contributed by atoms with E-state index >= 15 is 0 Å². The minimum Gasteiger partial charge on any atom is -0.479 e. The van der Waals surface area contributed by atoms with Gasteiger partial charge in [0.05, 0.1) is 25.6 Å². The fourth-order valence-electron chi connectivity index (χ4n) is 2.42. The quantitative estimate of drug-likeness (QED) is 0.799. The van der Waals surface area contributed by atoms with Crippen molar-refractivity contribution < 1.29 is 24.2 Å². The molecule has 1 heterocycles. The maximum absolute atomic E-state index is 12.1. The summed E-state index contributed by atoms with van der Waals surface area (Å²) in [5.74, 6) is -1.66. The Kier molecular flexibility index (Phi) is 5.70. The Morgan fingerprint density at radius 2 is 1.96 bits per heavy atom. The molecule has 7 nitrogen and oxygen atoms in total. The number of amides is 2. The lowest BCUT2D eigenvalue weighted by Gasteiger charge is -2.34. The van der Waals surface area contributed by atoms with Crippen LogP contribution >= 0.6 is 0 Å². The molecular formula is C16H20N2O5. The average Bonchev–Trinajstić information content (AvgIpc) is 2.53. The number of benzene rings is 1. The average molecular weight is 320 g/mol. The maximum atomic E-state index is 12.1. The van der Waals surface area contributed by atoms with Crippen LogP contribution in [-0.2, 0) is 25.5 Å². The first-order valence-electron chi connectivity index (χ1n) is 7.42. The number of ether oxygens (including phenoxy) is 1. The van der Waals surface area contributed by atoms with Gasteiger partial charge >= 0.3 is 5.97 Å². The summed E-state index contributed by atoms with van der Waals surface area (Å²) in [6.45, 7) is 1.87. The third kappa shape index (κ3) is 5.07. The molecule has 2 rings (SSSR count). The van der Waals surface area contributed by atoms with E-state index in [9.17, 15) is 14.4 Å². The summed E-state index contributed by atoms with van der Waals surface area (Å²) in [5, 5.41) is 11.6. The number of hydrogen-bond acceptors (Lipinski definition) is 4. The smallest absolute Gasteiger partial charge is 0.334 e. The number of hydrogen-bond donors (Lipinski definition) is 2. The summed E-state index contributed by atoms with van der Waals surface area (Å²) in [7, 11) is 0. The van der Waals surface area contributed by atoms with Gasteiger partial charge in [-0.2, -0.15) is 0 Å². The highest BCUT2D eigenvalue weighted by molar-refractivity contribution is 5.86. The number of morpholine rings is 1. The largest absolute Gasteiger partial charge is 0.479 e. The number of aliphatic carboxylic acids is 1. The van der Waals surface area contributed by atoms with Crippen molar-refractivity contribution in [2.75, 3.05) is 19.6 Å². The molecule has 0 bridgehead atoms. The van der Waals surface area contributed by atoms with Crippen LogP contribution in [0.2, 0.25) is 0 Å². The molecule has 1 saturated heterocycles. The Balaban J connectivity index is 1.82. The predicted octanol–water partition coefficient (Wildman–Crippen LogP) is 0.0458. The van der Waals surface area contributed by atoms with Crippen LogP contribution in [0.1, 0.15) is 12.5 Å². The fourth-order valence-corrected chi connectivity index (χ4v) is 2.42. The maximum Gasteiger partial charge on any atom is 0.334 e. The monoisotopic (exact) mass is 320 g/mol. The zero-order chi connectivity index (χ0) is 16.8. The molecule has 0 aliphatic carbocycles. The highest BCUT2D eigenvalue weighted by Gasteiger charge is 2.32. The van der Waals surface area contributed by atoms with E-state index in [2.05, 4.69) is 5.32 Å². The van der Waals surface area contributed by atoms with Crippen molar-refractivity contribution in [2.24, 2.45) is 0 Å². The summed E-state index contributed by atoms with van der Waals surface area (Å²) in [6.07, 6.45) is -1.18. The van der Waals surface area contributed by atoms with Crippen molar-refractivity contribution in [3.05, 3.63) is 35.9 Å². The Labute approximate surface area is 134 Å². The molecular weight excluding hydrogens is 300 g/mol. The van der Waals surface area contributed by atoms with Gasteiger partial charge in [0, 0.05) is 6.54 Å². The lowest BCUT2D eigenvalue weighted by molar-refractivity contribution is -0.166. The van der Waals surface area contributed by atoms with Gasteiger partial charge in [0.2, 0.25) is 11.8 Å². The Bertz CT molecular complexity index is 575. The number of rotatable bonds is 5. The van der Waals surface area contributed by atoms with Gasteiger partial charge in [-0.05, 0) is 12.5 Å². The molecule has 1 aromatic carbocycles. The van der Waals surface area contributed by atoms with Gasteiger partial charge in [-0.3, -0.25) is 9.59 Å². The summed E-state index contributed by atoms with van der Waals surface area (Å²) < 4.78 is 5.25. The molecule has 23 heavy (non-hydrogen) atoms. The normalized spacial score (nSPS) is 20.8. The van der Waals surface area contributed by atoms with Gasteiger partial charge in [-0.1, -0.05) is 30.3 Å². The molecule has 1 aromatic rings. The van der Waals surface area contributed by atoms with E-state index in [4.69, 9.17) is 9.84 Å². The molecule has 2 N–H and O–H groups in total. The van der Waals surface area contributed by atoms with E-state index < -0.39 is 12.1 Å². The summed E-state index contributed by atoms with van der Waals surface area (Å²) in [4.78, 5) is 36.4. The molecule has 0 spiro atoms. The molecule has 1 aliphatic heterocycles. The van der Waals surface area contributed by atoms with Gasteiger partial charge < -0.3 is 20.1 Å². The van der Waals surface area contributed by atoms with Crippen LogP contribution < -0.4 is 5.32 Å². The standard InChI is InChI=1S/C16H20N2O5/c1-11-9-18(10-13(23-11)16(21)22)15(20)8-17-14(19)7-12-5-3-2-4-6-12/h2-6,11,13H,7-10H2,1H3,(H,17,19)(H,21,22)/t11-,13?/m1/s1. The number of carboxylic acids is 1. The van der Waals surface area contributed by atoms with Gasteiger partial charge in [-0.25, -0.2) is 4.79 Å². The summed E-state index contributed by atoms with van der Waals surface area (Å²) in [6, 6.07) is 9.22. The molecule has 1 aliphatic rings. The number of carboxylic acid groups (broad SMARTS) is 1. The number of nitrogens with zero attached hydrogens (tertiary/aromatic N) is 1. The van der Waals surface area contributed by atoms with Crippen LogP contribution in [-0.4, -0.2) is 59.6 Å². The van der Waals surface area contributed by atoms with Crippen molar-refractivity contribution >= 4 is 17.8 Å². The van der Waals surface area contributed by atoms with Gasteiger partial charge in [0.1, 0.15) is 0 Å². The molecule has 2 amide bonds. The topological polar surface area (TPSA) is 95.9 Å². The van der Waals surface area contributed by atoms with Crippen LogP contribution in [0.25, 0.3) is 0 Å². The Morgan fingerprint density at radius 3 is 2.61 bits per heavy atom. The molecule has 1 fully saturated rings. The molecule has 0 saturated carbocycles. The van der Waals surface area contributed by atoms with Crippen molar-refractivity contribution in [2.45, 2.75) is 25.6 Å². The van der Waals surface area contributed by atoms with Crippen molar-refractivity contribution in [3.63, 3.8) is 0 Å². The van der Waals surface area contributed by atoms with Gasteiger partial charge in [-0.15, -0.1) is 0 Å².